The van der Waals surface area contributed by atoms with Crippen LogP contribution in [0.3, 0.4) is 0 Å². The van der Waals surface area contributed by atoms with Gasteiger partial charge in [-0.1, -0.05) is 0 Å². The second-order valence-corrected chi connectivity index (χ2v) is 5.89. The normalized spacial score (nSPS) is 15.2. The highest BCUT2D eigenvalue weighted by atomic mass is 16.6. The number of rotatable bonds is 3. The van der Waals surface area contributed by atoms with Crippen LogP contribution in [0.25, 0.3) is 0 Å². The Morgan fingerprint density at radius 2 is 1.63 bits per heavy atom. The molecule has 1 aromatic carbocycles. The zero-order valence-electron chi connectivity index (χ0n) is 11.9. The smallest absolute Gasteiger partial charge is 0.163 e. The number of hydrogen-bond acceptors (Lipinski definition) is 5. The standard InChI is InChI=1S/C14H22N2O3/c1-13(2,14(3,4)17)16-10-8-12-11(7-9(10)15)18-5-6-19-12/h7-8,16-17H,5-6,15H2,1-4H3. The summed E-state index contributed by atoms with van der Waals surface area (Å²) in [6, 6.07) is 3.56. The Morgan fingerprint density at radius 3 is 2.16 bits per heavy atom. The summed E-state index contributed by atoms with van der Waals surface area (Å²) in [6.45, 7) is 8.43. The first kappa shape index (κ1) is 13.8. The summed E-state index contributed by atoms with van der Waals surface area (Å²) in [5, 5.41) is 13.4. The van der Waals surface area contributed by atoms with Gasteiger partial charge in [0.05, 0.1) is 22.5 Å². The van der Waals surface area contributed by atoms with Crippen molar-refractivity contribution in [3.63, 3.8) is 0 Å². The third-order valence-electron chi connectivity index (χ3n) is 3.69. The van der Waals surface area contributed by atoms with Gasteiger partial charge in [0.2, 0.25) is 0 Å². The zero-order chi connectivity index (χ0) is 14.3. The minimum absolute atomic E-state index is 0.533. The fourth-order valence-corrected chi connectivity index (χ4v) is 1.70. The molecule has 5 nitrogen and oxygen atoms in total. The van der Waals surface area contributed by atoms with Crippen molar-refractivity contribution in [3.05, 3.63) is 12.1 Å². The van der Waals surface area contributed by atoms with Crippen LogP contribution in [-0.2, 0) is 0 Å². The highest BCUT2D eigenvalue weighted by Crippen LogP contribution is 2.39. The summed E-state index contributed by atoms with van der Waals surface area (Å²) in [5.74, 6) is 1.34. The molecule has 0 fully saturated rings. The Labute approximate surface area is 113 Å². The number of nitrogen functional groups attached to an aromatic ring is 1. The fourth-order valence-electron chi connectivity index (χ4n) is 1.70. The van der Waals surface area contributed by atoms with E-state index in [1.807, 2.05) is 19.9 Å². The topological polar surface area (TPSA) is 76.7 Å². The molecule has 0 saturated carbocycles. The number of benzene rings is 1. The Bertz CT molecular complexity index is 478. The molecule has 2 rings (SSSR count). The number of hydrogen-bond donors (Lipinski definition) is 3. The van der Waals surface area contributed by atoms with E-state index in [1.165, 1.54) is 0 Å². The minimum atomic E-state index is -0.896. The molecule has 1 aliphatic heterocycles. The maximum Gasteiger partial charge on any atom is 0.163 e. The first-order valence-corrected chi connectivity index (χ1v) is 6.40. The van der Waals surface area contributed by atoms with E-state index in [-0.39, 0.29) is 0 Å². The van der Waals surface area contributed by atoms with Crippen LogP contribution in [-0.4, -0.2) is 29.5 Å². The number of fused-ring (bicyclic) bond motifs is 1. The molecule has 0 unspecified atom stereocenters. The predicted octanol–water partition coefficient (Wildman–Crippen LogP) is 2.00. The summed E-state index contributed by atoms with van der Waals surface area (Å²) in [5.41, 5.74) is 5.89. The van der Waals surface area contributed by atoms with E-state index in [0.29, 0.717) is 30.4 Å². The lowest BCUT2D eigenvalue weighted by molar-refractivity contribution is 0.0240. The van der Waals surface area contributed by atoms with E-state index >= 15 is 0 Å². The van der Waals surface area contributed by atoms with E-state index in [1.54, 1.807) is 19.9 Å². The number of aliphatic hydroxyl groups is 1. The van der Waals surface area contributed by atoms with Gasteiger partial charge in [0.1, 0.15) is 13.2 Å². The van der Waals surface area contributed by atoms with Gasteiger partial charge in [-0.2, -0.15) is 0 Å². The van der Waals surface area contributed by atoms with Crippen molar-refractivity contribution in [1.82, 2.24) is 0 Å². The fraction of sp³-hybridized carbons (Fsp3) is 0.571. The minimum Gasteiger partial charge on any atom is -0.486 e. The van der Waals surface area contributed by atoms with Crippen LogP contribution < -0.4 is 20.5 Å². The molecule has 0 bridgehead atoms. The van der Waals surface area contributed by atoms with Crippen LogP contribution in [0.2, 0.25) is 0 Å². The van der Waals surface area contributed by atoms with Crippen molar-refractivity contribution in [2.45, 2.75) is 38.8 Å². The second-order valence-electron chi connectivity index (χ2n) is 5.89. The van der Waals surface area contributed by atoms with E-state index in [9.17, 15) is 5.11 Å². The molecule has 1 aliphatic rings. The number of nitrogens with two attached hydrogens (primary N) is 1. The molecule has 0 amide bonds. The largest absolute Gasteiger partial charge is 0.486 e. The summed E-state index contributed by atoms with van der Waals surface area (Å²) in [7, 11) is 0. The van der Waals surface area contributed by atoms with Gasteiger partial charge in [0.15, 0.2) is 11.5 Å². The zero-order valence-corrected chi connectivity index (χ0v) is 11.9. The van der Waals surface area contributed by atoms with Crippen molar-refractivity contribution in [3.8, 4) is 11.5 Å². The van der Waals surface area contributed by atoms with Crippen molar-refractivity contribution in [1.29, 1.82) is 0 Å². The van der Waals surface area contributed by atoms with Crippen LogP contribution in [0.5, 0.6) is 11.5 Å². The number of ether oxygens (including phenoxy) is 2. The van der Waals surface area contributed by atoms with Gasteiger partial charge in [-0.3, -0.25) is 0 Å². The van der Waals surface area contributed by atoms with Crippen molar-refractivity contribution in [2.75, 3.05) is 24.3 Å². The first-order valence-electron chi connectivity index (χ1n) is 6.40. The maximum absolute atomic E-state index is 10.2. The maximum atomic E-state index is 10.2. The third kappa shape index (κ3) is 2.71. The Balaban J connectivity index is 2.31. The molecule has 0 aromatic heterocycles. The molecule has 1 heterocycles. The molecular weight excluding hydrogens is 244 g/mol. The van der Waals surface area contributed by atoms with Gasteiger partial charge in [-0.25, -0.2) is 0 Å². The van der Waals surface area contributed by atoms with Crippen LogP contribution >= 0.6 is 0 Å². The summed E-state index contributed by atoms with van der Waals surface area (Å²) in [6.07, 6.45) is 0. The Kier molecular flexibility index (Phi) is 3.26. The van der Waals surface area contributed by atoms with Crippen LogP contribution in [0.15, 0.2) is 12.1 Å². The van der Waals surface area contributed by atoms with Gasteiger partial charge >= 0.3 is 0 Å². The lowest BCUT2D eigenvalue weighted by atomic mass is 9.85. The SMILES string of the molecule is CC(C)(O)C(C)(C)Nc1cc2c(cc1N)OCCO2. The number of anilines is 2. The van der Waals surface area contributed by atoms with Crippen molar-refractivity contribution < 1.29 is 14.6 Å². The Morgan fingerprint density at radius 1 is 1.11 bits per heavy atom. The monoisotopic (exact) mass is 266 g/mol. The van der Waals surface area contributed by atoms with E-state index < -0.39 is 11.1 Å². The average molecular weight is 266 g/mol. The van der Waals surface area contributed by atoms with Gasteiger partial charge < -0.3 is 25.6 Å². The molecule has 0 radical (unpaired) electrons. The lowest BCUT2D eigenvalue weighted by Gasteiger charge is -2.39. The van der Waals surface area contributed by atoms with Gasteiger partial charge in [-0.05, 0) is 27.7 Å². The molecular formula is C14H22N2O3. The first-order chi connectivity index (χ1) is 8.71. The highest BCUT2D eigenvalue weighted by molar-refractivity contribution is 5.73. The molecule has 1 aromatic rings. The van der Waals surface area contributed by atoms with Gasteiger partial charge in [0.25, 0.3) is 0 Å². The average Bonchev–Trinajstić information content (AvgIpc) is 2.28. The molecule has 0 saturated heterocycles. The quantitative estimate of drug-likeness (QED) is 0.729. The second kappa shape index (κ2) is 4.49. The summed E-state index contributed by atoms with van der Waals surface area (Å²) < 4.78 is 11.0. The molecule has 0 aliphatic carbocycles. The summed E-state index contributed by atoms with van der Waals surface area (Å²) >= 11 is 0. The van der Waals surface area contributed by atoms with E-state index in [2.05, 4.69) is 5.32 Å². The van der Waals surface area contributed by atoms with Crippen LogP contribution in [0.1, 0.15) is 27.7 Å². The van der Waals surface area contributed by atoms with Crippen LogP contribution in [0.4, 0.5) is 11.4 Å². The van der Waals surface area contributed by atoms with Crippen molar-refractivity contribution >= 4 is 11.4 Å². The lowest BCUT2D eigenvalue weighted by Crippen LogP contribution is -2.51. The molecule has 4 N–H and O–H groups in total. The molecule has 106 valence electrons. The Hall–Kier alpha value is -1.62. The molecule has 5 heteroatoms. The van der Waals surface area contributed by atoms with Gasteiger partial charge in [-0.15, -0.1) is 0 Å². The summed E-state index contributed by atoms with van der Waals surface area (Å²) in [4.78, 5) is 0. The predicted molar refractivity (Wildman–Crippen MR) is 75.8 cm³/mol. The number of nitrogens with one attached hydrogen (secondary N) is 1. The highest BCUT2D eigenvalue weighted by Gasteiger charge is 2.35. The van der Waals surface area contributed by atoms with Crippen LogP contribution in [0, 0.1) is 0 Å². The van der Waals surface area contributed by atoms with E-state index in [4.69, 9.17) is 15.2 Å². The third-order valence-corrected chi connectivity index (χ3v) is 3.69. The van der Waals surface area contributed by atoms with Gasteiger partial charge in [0, 0.05) is 12.1 Å². The molecule has 0 atom stereocenters. The molecule has 19 heavy (non-hydrogen) atoms. The van der Waals surface area contributed by atoms with E-state index in [0.717, 1.165) is 5.69 Å². The van der Waals surface area contributed by atoms with Crippen molar-refractivity contribution in [2.24, 2.45) is 0 Å². The molecule has 0 spiro atoms.